The number of amides is 2. The van der Waals surface area contributed by atoms with Crippen LogP contribution in [0.4, 0.5) is 0 Å². The van der Waals surface area contributed by atoms with Crippen LogP contribution in [-0.2, 0) is 22.6 Å². The standard InChI is InChI=1S/C15H20N2O2/c1-3-16(4-2)14(18)15(19)17-10-9-12-7-5-6-8-13(12)11-17/h5-8H,3-4,9-11H2,1-2H3. The fourth-order valence-electron chi connectivity index (χ4n) is 2.45. The van der Waals surface area contributed by atoms with Crippen LogP contribution in [0, 0.1) is 0 Å². The van der Waals surface area contributed by atoms with E-state index in [1.165, 1.54) is 5.56 Å². The first kappa shape index (κ1) is 13.6. The van der Waals surface area contributed by atoms with E-state index in [-0.39, 0.29) is 11.8 Å². The summed E-state index contributed by atoms with van der Waals surface area (Å²) in [5, 5.41) is 0. The van der Waals surface area contributed by atoms with Crippen LogP contribution < -0.4 is 0 Å². The quantitative estimate of drug-likeness (QED) is 0.755. The molecule has 4 heteroatoms. The minimum absolute atomic E-state index is 0.377. The lowest BCUT2D eigenvalue weighted by Gasteiger charge is -2.30. The Morgan fingerprint density at radius 1 is 1.16 bits per heavy atom. The summed E-state index contributed by atoms with van der Waals surface area (Å²) in [6.07, 6.45) is 0.827. The normalized spacial score (nSPS) is 13.9. The molecule has 0 saturated carbocycles. The molecule has 4 nitrogen and oxygen atoms in total. The number of fused-ring (bicyclic) bond motifs is 1. The summed E-state index contributed by atoms with van der Waals surface area (Å²) in [4.78, 5) is 27.5. The van der Waals surface area contributed by atoms with Crippen molar-refractivity contribution in [1.82, 2.24) is 9.80 Å². The van der Waals surface area contributed by atoms with Gasteiger partial charge in [-0.1, -0.05) is 24.3 Å². The van der Waals surface area contributed by atoms with Crippen LogP contribution in [0.25, 0.3) is 0 Å². The Balaban J connectivity index is 2.08. The SMILES string of the molecule is CCN(CC)C(=O)C(=O)N1CCc2ccccc2C1. The zero-order valence-electron chi connectivity index (χ0n) is 11.6. The minimum Gasteiger partial charge on any atom is -0.335 e. The van der Waals surface area contributed by atoms with Gasteiger partial charge >= 0.3 is 11.8 Å². The van der Waals surface area contributed by atoms with Crippen molar-refractivity contribution in [3.8, 4) is 0 Å². The Bertz CT molecular complexity index is 481. The van der Waals surface area contributed by atoms with Crippen molar-refractivity contribution < 1.29 is 9.59 Å². The molecule has 1 aliphatic rings. The topological polar surface area (TPSA) is 40.6 Å². The first-order chi connectivity index (χ1) is 9.17. The summed E-state index contributed by atoms with van der Waals surface area (Å²) >= 11 is 0. The number of carbonyl (C=O) groups excluding carboxylic acids is 2. The maximum absolute atomic E-state index is 12.2. The van der Waals surface area contributed by atoms with Crippen molar-refractivity contribution in [3.63, 3.8) is 0 Å². The van der Waals surface area contributed by atoms with Crippen molar-refractivity contribution in [1.29, 1.82) is 0 Å². The van der Waals surface area contributed by atoms with Gasteiger partial charge in [0, 0.05) is 26.2 Å². The predicted molar refractivity (Wildman–Crippen MR) is 73.5 cm³/mol. The van der Waals surface area contributed by atoms with E-state index in [1.54, 1.807) is 9.80 Å². The van der Waals surface area contributed by atoms with E-state index in [2.05, 4.69) is 6.07 Å². The molecule has 2 amide bonds. The van der Waals surface area contributed by atoms with Gasteiger partial charge in [-0.15, -0.1) is 0 Å². The zero-order chi connectivity index (χ0) is 13.8. The van der Waals surface area contributed by atoms with Crippen molar-refractivity contribution >= 4 is 11.8 Å². The summed E-state index contributed by atoms with van der Waals surface area (Å²) in [6, 6.07) is 8.09. The van der Waals surface area contributed by atoms with Gasteiger partial charge in [-0.25, -0.2) is 0 Å². The second kappa shape index (κ2) is 5.87. The molecule has 0 unspecified atom stereocenters. The van der Waals surface area contributed by atoms with Gasteiger partial charge in [-0.2, -0.15) is 0 Å². The van der Waals surface area contributed by atoms with Crippen LogP contribution in [0.2, 0.25) is 0 Å². The molecule has 1 aliphatic heterocycles. The van der Waals surface area contributed by atoms with Gasteiger partial charge in [0.2, 0.25) is 0 Å². The maximum Gasteiger partial charge on any atom is 0.312 e. The number of rotatable bonds is 2. The lowest BCUT2D eigenvalue weighted by Crippen LogP contribution is -2.46. The van der Waals surface area contributed by atoms with Gasteiger partial charge in [0.05, 0.1) is 0 Å². The third-order valence-electron chi connectivity index (χ3n) is 3.65. The highest BCUT2D eigenvalue weighted by atomic mass is 16.2. The van der Waals surface area contributed by atoms with Crippen LogP contribution >= 0.6 is 0 Å². The highest BCUT2D eigenvalue weighted by molar-refractivity contribution is 6.34. The van der Waals surface area contributed by atoms with Gasteiger partial charge in [0.1, 0.15) is 0 Å². The lowest BCUT2D eigenvalue weighted by molar-refractivity contribution is -0.152. The Labute approximate surface area is 114 Å². The monoisotopic (exact) mass is 260 g/mol. The predicted octanol–water partition coefficient (Wildman–Crippen LogP) is 1.44. The number of carbonyl (C=O) groups is 2. The smallest absolute Gasteiger partial charge is 0.312 e. The molecule has 0 aromatic heterocycles. The zero-order valence-corrected chi connectivity index (χ0v) is 11.6. The van der Waals surface area contributed by atoms with Gasteiger partial charge in [-0.3, -0.25) is 9.59 Å². The van der Waals surface area contributed by atoms with Gasteiger partial charge in [0.15, 0.2) is 0 Å². The molecule has 0 N–H and O–H groups in total. The fourth-order valence-corrected chi connectivity index (χ4v) is 2.45. The Morgan fingerprint density at radius 2 is 1.79 bits per heavy atom. The van der Waals surface area contributed by atoms with E-state index in [0.717, 1.165) is 12.0 Å². The Kier molecular flexibility index (Phi) is 4.20. The van der Waals surface area contributed by atoms with Crippen LogP contribution in [0.3, 0.4) is 0 Å². The number of likely N-dealkylation sites (N-methyl/N-ethyl adjacent to an activating group) is 1. The summed E-state index contributed by atoms with van der Waals surface area (Å²) in [7, 11) is 0. The van der Waals surface area contributed by atoms with E-state index >= 15 is 0 Å². The second-order valence-electron chi connectivity index (χ2n) is 4.72. The average molecular weight is 260 g/mol. The highest BCUT2D eigenvalue weighted by Gasteiger charge is 2.27. The summed E-state index contributed by atoms with van der Waals surface area (Å²) in [6.45, 7) is 6.10. The fraction of sp³-hybridized carbons (Fsp3) is 0.467. The minimum atomic E-state index is -0.385. The molecular formula is C15H20N2O2. The second-order valence-corrected chi connectivity index (χ2v) is 4.72. The van der Waals surface area contributed by atoms with Gasteiger partial charge in [-0.05, 0) is 31.4 Å². The van der Waals surface area contributed by atoms with Crippen LogP contribution in [-0.4, -0.2) is 41.2 Å². The molecule has 19 heavy (non-hydrogen) atoms. The largest absolute Gasteiger partial charge is 0.335 e. The first-order valence-electron chi connectivity index (χ1n) is 6.82. The molecule has 0 radical (unpaired) electrons. The molecule has 1 aromatic carbocycles. The van der Waals surface area contributed by atoms with Crippen molar-refractivity contribution in [2.45, 2.75) is 26.8 Å². The first-order valence-corrected chi connectivity index (χ1v) is 6.82. The summed E-state index contributed by atoms with van der Waals surface area (Å²) < 4.78 is 0. The third kappa shape index (κ3) is 2.78. The molecule has 1 heterocycles. The van der Waals surface area contributed by atoms with Gasteiger partial charge < -0.3 is 9.80 Å². The van der Waals surface area contributed by atoms with E-state index in [1.807, 2.05) is 32.0 Å². The van der Waals surface area contributed by atoms with Crippen molar-refractivity contribution in [3.05, 3.63) is 35.4 Å². The molecular weight excluding hydrogens is 240 g/mol. The third-order valence-corrected chi connectivity index (χ3v) is 3.65. The van der Waals surface area contributed by atoms with Crippen molar-refractivity contribution in [2.75, 3.05) is 19.6 Å². The molecule has 102 valence electrons. The van der Waals surface area contributed by atoms with Gasteiger partial charge in [0.25, 0.3) is 0 Å². The number of nitrogens with zero attached hydrogens (tertiary/aromatic N) is 2. The molecule has 0 bridgehead atoms. The summed E-state index contributed by atoms with van der Waals surface area (Å²) in [5.74, 6) is -0.761. The lowest BCUT2D eigenvalue weighted by atomic mass is 10.00. The van der Waals surface area contributed by atoms with Crippen molar-refractivity contribution in [2.24, 2.45) is 0 Å². The molecule has 0 aliphatic carbocycles. The van der Waals surface area contributed by atoms with Crippen LogP contribution in [0.5, 0.6) is 0 Å². The average Bonchev–Trinajstić information content (AvgIpc) is 2.47. The Morgan fingerprint density at radius 3 is 2.42 bits per heavy atom. The number of benzene rings is 1. The summed E-state index contributed by atoms with van der Waals surface area (Å²) in [5.41, 5.74) is 2.43. The van der Waals surface area contributed by atoms with Crippen LogP contribution in [0.1, 0.15) is 25.0 Å². The van der Waals surface area contributed by atoms with E-state index in [9.17, 15) is 9.59 Å². The number of hydrogen-bond acceptors (Lipinski definition) is 2. The Hall–Kier alpha value is -1.84. The van der Waals surface area contributed by atoms with Crippen LogP contribution in [0.15, 0.2) is 24.3 Å². The maximum atomic E-state index is 12.2. The molecule has 1 aromatic rings. The highest BCUT2D eigenvalue weighted by Crippen LogP contribution is 2.18. The molecule has 2 rings (SSSR count). The molecule has 0 atom stereocenters. The molecule has 0 saturated heterocycles. The van der Waals surface area contributed by atoms with E-state index in [0.29, 0.717) is 26.2 Å². The molecule has 0 spiro atoms. The number of hydrogen-bond donors (Lipinski definition) is 0. The molecule has 0 fully saturated rings. The van der Waals surface area contributed by atoms with E-state index < -0.39 is 0 Å². The van der Waals surface area contributed by atoms with E-state index in [4.69, 9.17) is 0 Å².